The molecular weight excluding hydrogens is 406 g/mol. The van der Waals surface area contributed by atoms with E-state index in [-0.39, 0.29) is 16.8 Å². The summed E-state index contributed by atoms with van der Waals surface area (Å²) in [6.07, 6.45) is 6.19. The number of aryl methyl sites for hydroxylation is 2. The highest BCUT2D eigenvalue weighted by Gasteiger charge is 2.21. The number of pyridine rings is 1. The van der Waals surface area contributed by atoms with Crippen molar-refractivity contribution in [3.8, 4) is 5.69 Å². The van der Waals surface area contributed by atoms with Gasteiger partial charge in [-0.25, -0.2) is 4.98 Å². The van der Waals surface area contributed by atoms with Crippen LogP contribution in [0.15, 0.2) is 35.6 Å². The van der Waals surface area contributed by atoms with E-state index in [0.29, 0.717) is 10.8 Å². The van der Waals surface area contributed by atoms with Gasteiger partial charge in [0, 0.05) is 6.20 Å². The normalized spacial score (nSPS) is 13.2. The van der Waals surface area contributed by atoms with Crippen molar-refractivity contribution in [2.75, 3.05) is 11.1 Å². The SMILES string of the molecule is Cc1ccc(-n2c(C)nnc2SCC(=O)Nc2cccnc2Cl)c2c1CCCC2. The lowest BCUT2D eigenvalue weighted by Crippen LogP contribution is -2.15. The van der Waals surface area contributed by atoms with Crippen LogP contribution in [-0.4, -0.2) is 31.4 Å². The molecule has 2 heterocycles. The zero-order valence-corrected chi connectivity index (χ0v) is 18.0. The third-order valence-electron chi connectivity index (χ3n) is 5.15. The number of thioether (sulfide) groups is 1. The molecule has 1 amide bonds. The van der Waals surface area contributed by atoms with Gasteiger partial charge in [0.2, 0.25) is 5.91 Å². The van der Waals surface area contributed by atoms with Crippen LogP contribution in [0.25, 0.3) is 5.69 Å². The van der Waals surface area contributed by atoms with Gasteiger partial charge in [-0.05, 0) is 74.4 Å². The maximum absolute atomic E-state index is 12.4. The number of halogens is 1. The van der Waals surface area contributed by atoms with E-state index in [1.165, 1.54) is 41.3 Å². The fourth-order valence-electron chi connectivity index (χ4n) is 3.75. The lowest BCUT2D eigenvalue weighted by Gasteiger charge is -2.23. The summed E-state index contributed by atoms with van der Waals surface area (Å²) in [5.41, 5.74) is 5.81. The van der Waals surface area contributed by atoms with E-state index in [1.54, 1.807) is 18.3 Å². The first-order valence-corrected chi connectivity index (χ1v) is 11.0. The molecule has 1 N–H and O–H groups in total. The molecule has 150 valence electrons. The molecule has 8 heteroatoms. The van der Waals surface area contributed by atoms with Crippen molar-refractivity contribution >= 4 is 35.0 Å². The number of aromatic nitrogens is 4. The molecule has 0 radical (unpaired) electrons. The topological polar surface area (TPSA) is 72.7 Å². The Morgan fingerprint density at radius 2 is 1.97 bits per heavy atom. The number of carbonyl (C=O) groups excluding carboxylic acids is 1. The fourth-order valence-corrected chi connectivity index (χ4v) is 4.70. The second-order valence-corrected chi connectivity index (χ2v) is 8.41. The van der Waals surface area contributed by atoms with Gasteiger partial charge < -0.3 is 5.32 Å². The van der Waals surface area contributed by atoms with Gasteiger partial charge in [-0.15, -0.1) is 10.2 Å². The van der Waals surface area contributed by atoms with Crippen molar-refractivity contribution in [2.24, 2.45) is 0 Å². The van der Waals surface area contributed by atoms with Gasteiger partial charge in [0.15, 0.2) is 10.3 Å². The summed E-state index contributed by atoms with van der Waals surface area (Å²) < 4.78 is 2.07. The first-order chi connectivity index (χ1) is 14.0. The molecule has 0 aliphatic heterocycles. The van der Waals surface area contributed by atoms with Crippen molar-refractivity contribution in [3.05, 3.63) is 58.1 Å². The largest absolute Gasteiger partial charge is 0.323 e. The van der Waals surface area contributed by atoms with Crippen LogP contribution in [-0.2, 0) is 17.6 Å². The number of benzene rings is 1. The molecule has 29 heavy (non-hydrogen) atoms. The molecule has 1 aromatic carbocycles. The van der Waals surface area contributed by atoms with Gasteiger partial charge in [-0.3, -0.25) is 9.36 Å². The van der Waals surface area contributed by atoms with E-state index in [4.69, 9.17) is 11.6 Å². The second-order valence-electron chi connectivity index (χ2n) is 7.11. The molecule has 0 spiro atoms. The van der Waals surface area contributed by atoms with Crippen molar-refractivity contribution in [3.63, 3.8) is 0 Å². The highest BCUT2D eigenvalue weighted by molar-refractivity contribution is 7.99. The predicted octanol–water partition coefficient (Wildman–Crippen LogP) is 4.54. The minimum Gasteiger partial charge on any atom is -0.323 e. The third-order valence-corrected chi connectivity index (χ3v) is 6.38. The number of rotatable bonds is 5. The Morgan fingerprint density at radius 3 is 2.76 bits per heavy atom. The molecule has 0 unspecified atom stereocenters. The standard InChI is InChI=1S/C21H22ClN5OS/c1-13-9-10-18(16-7-4-3-6-15(13)16)27-14(2)25-26-21(27)29-12-19(28)24-17-8-5-11-23-20(17)22/h5,8-11H,3-4,6-7,12H2,1-2H3,(H,24,28). The number of hydrogen-bond acceptors (Lipinski definition) is 5. The van der Waals surface area contributed by atoms with Crippen LogP contribution in [0.2, 0.25) is 5.15 Å². The Morgan fingerprint density at radius 1 is 1.17 bits per heavy atom. The van der Waals surface area contributed by atoms with Crippen LogP contribution in [0.5, 0.6) is 0 Å². The molecule has 0 atom stereocenters. The van der Waals surface area contributed by atoms with Crippen molar-refractivity contribution in [1.29, 1.82) is 0 Å². The van der Waals surface area contributed by atoms with E-state index in [1.807, 2.05) is 6.92 Å². The maximum Gasteiger partial charge on any atom is 0.234 e. The molecule has 0 saturated carbocycles. The zero-order chi connectivity index (χ0) is 20.4. The van der Waals surface area contributed by atoms with E-state index in [0.717, 1.165) is 24.4 Å². The monoisotopic (exact) mass is 427 g/mol. The van der Waals surface area contributed by atoms with Gasteiger partial charge >= 0.3 is 0 Å². The molecule has 4 rings (SSSR count). The molecule has 0 fully saturated rings. The molecular formula is C21H22ClN5OS. The van der Waals surface area contributed by atoms with E-state index in [9.17, 15) is 4.79 Å². The van der Waals surface area contributed by atoms with Gasteiger partial charge in [-0.2, -0.15) is 0 Å². The van der Waals surface area contributed by atoms with E-state index < -0.39 is 0 Å². The minimum atomic E-state index is -0.164. The molecule has 3 aromatic rings. The molecule has 6 nitrogen and oxygen atoms in total. The Bertz CT molecular complexity index is 1070. The van der Waals surface area contributed by atoms with Crippen LogP contribution in [0.1, 0.15) is 35.4 Å². The summed E-state index contributed by atoms with van der Waals surface area (Å²) in [6, 6.07) is 7.78. The highest BCUT2D eigenvalue weighted by Crippen LogP contribution is 2.32. The van der Waals surface area contributed by atoms with Crippen molar-refractivity contribution < 1.29 is 4.79 Å². The summed E-state index contributed by atoms with van der Waals surface area (Å²) >= 11 is 7.38. The molecule has 2 aromatic heterocycles. The Kier molecular flexibility index (Phi) is 5.87. The molecule has 1 aliphatic rings. The van der Waals surface area contributed by atoms with Crippen LogP contribution in [0, 0.1) is 13.8 Å². The zero-order valence-electron chi connectivity index (χ0n) is 16.4. The molecule has 0 bridgehead atoms. The van der Waals surface area contributed by atoms with Gasteiger partial charge in [0.05, 0.1) is 17.1 Å². The number of nitrogens with one attached hydrogen (secondary N) is 1. The average molecular weight is 428 g/mol. The van der Waals surface area contributed by atoms with Crippen molar-refractivity contribution in [2.45, 2.75) is 44.7 Å². The lowest BCUT2D eigenvalue weighted by atomic mass is 9.87. The van der Waals surface area contributed by atoms with Crippen LogP contribution in [0.3, 0.4) is 0 Å². The third kappa shape index (κ3) is 4.16. The Balaban J connectivity index is 1.56. The highest BCUT2D eigenvalue weighted by atomic mass is 35.5. The number of carbonyl (C=O) groups is 1. The summed E-state index contributed by atoms with van der Waals surface area (Å²) in [7, 11) is 0. The van der Waals surface area contributed by atoms with E-state index in [2.05, 4.69) is 44.1 Å². The van der Waals surface area contributed by atoms with Gasteiger partial charge in [0.25, 0.3) is 0 Å². The number of nitrogens with zero attached hydrogens (tertiary/aromatic N) is 4. The maximum atomic E-state index is 12.4. The minimum absolute atomic E-state index is 0.164. The summed E-state index contributed by atoms with van der Waals surface area (Å²) in [5, 5.41) is 12.4. The average Bonchev–Trinajstić information content (AvgIpc) is 3.09. The fraction of sp³-hybridized carbons (Fsp3) is 0.333. The van der Waals surface area contributed by atoms with Crippen LogP contribution in [0.4, 0.5) is 5.69 Å². The number of amides is 1. The Hall–Kier alpha value is -2.38. The predicted molar refractivity (Wildman–Crippen MR) is 116 cm³/mol. The Labute approximate surface area is 179 Å². The lowest BCUT2D eigenvalue weighted by molar-refractivity contribution is -0.113. The number of anilines is 1. The first-order valence-electron chi connectivity index (χ1n) is 9.61. The van der Waals surface area contributed by atoms with E-state index >= 15 is 0 Å². The van der Waals surface area contributed by atoms with Crippen LogP contribution >= 0.6 is 23.4 Å². The van der Waals surface area contributed by atoms with Gasteiger partial charge in [-0.1, -0.05) is 29.4 Å². The number of hydrogen-bond donors (Lipinski definition) is 1. The molecule has 1 aliphatic carbocycles. The first kappa shape index (κ1) is 19.9. The molecule has 0 saturated heterocycles. The summed E-state index contributed by atoms with van der Waals surface area (Å²) in [4.78, 5) is 16.4. The number of fused-ring (bicyclic) bond motifs is 1. The van der Waals surface area contributed by atoms with Gasteiger partial charge in [0.1, 0.15) is 5.82 Å². The summed E-state index contributed by atoms with van der Waals surface area (Å²) in [5.74, 6) is 0.861. The quantitative estimate of drug-likeness (QED) is 0.478. The van der Waals surface area contributed by atoms with Crippen molar-refractivity contribution in [1.82, 2.24) is 19.7 Å². The second kappa shape index (κ2) is 8.55. The van der Waals surface area contributed by atoms with Crippen LogP contribution < -0.4 is 5.32 Å². The smallest absolute Gasteiger partial charge is 0.234 e. The summed E-state index contributed by atoms with van der Waals surface area (Å²) in [6.45, 7) is 4.12.